The summed E-state index contributed by atoms with van der Waals surface area (Å²) >= 11 is 0. The average Bonchev–Trinajstić information content (AvgIpc) is 2.77. The molecule has 1 aliphatic rings. The molecule has 1 heterocycles. The van der Waals surface area contributed by atoms with Gasteiger partial charge in [-0.2, -0.15) is 0 Å². The molecule has 3 aromatic rings. The molecule has 1 fully saturated rings. The molecule has 0 aromatic heterocycles. The van der Waals surface area contributed by atoms with Crippen LogP contribution in [0, 0.1) is 10.1 Å². The molecule has 0 aliphatic carbocycles. The van der Waals surface area contributed by atoms with Crippen molar-refractivity contribution in [3.8, 4) is 5.75 Å². The van der Waals surface area contributed by atoms with Crippen LogP contribution in [0.15, 0.2) is 60.7 Å². The van der Waals surface area contributed by atoms with Gasteiger partial charge in [-0.15, -0.1) is 0 Å². The summed E-state index contributed by atoms with van der Waals surface area (Å²) in [4.78, 5) is 25.4. The second kappa shape index (κ2) is 8.28. The van der Waals surface area contributed by atoms with Gasteiger partial charge in [-0.3, -0.25) is 14.9 Å². The van der Waals surface area contributed by atoms with Gasteiger partial charge in [0.25, 0.3) is 11.6 Å². The first kappa shape index (κ1) is 18.9. The third-order valence-corrected chi connectivity index (χ3v) is 4.89. The number of nitrogens with zero attached hydrogens (tertiary/aromatic N) is 2. The first-order valence-corrected chi connectivity index (χ1v) is 9.38. The molecule has 0 spiro atoms. The Morgan fingerprint density at radius 2 is 1.76 bits per heavy atom. The van der Waals surface area contributed by atoms with Crippen molar-refractivity contribution in [2.45, 2.75) is 6.61 Å². The Kier molecular flexibility index (Phi) is 5.39. The van der Waals surface area contributed by atoms with Gasteiger partial charge in [0, 0.05) is 25.2 Å². The van der Waals surface area contributed by atoms with Gasteiger partial charge < -0.3 is 14.4 Å². The van der Waals surface area contributed by atoms with Crippen molar-refractivity contribution >= 4 is 22.4 Å². The van der Waals surface area contributed by atoms with Crippen LogP contribution in [0.1, 0.15) is 15.9 Å². The molecule has 0 unspecified atom stereocenters. The van der Waals surface area contributed by atoms with Crippen LogP contribution in [0.4, 0.5) is 5.69 Å². The molecule has 7 heteroatoms. The predicted octanol–water partition coefficient (Wildman–Crippen LogP) is 3.80. The van der Waals surface area contributed by atoms with Gasteiger partial charge in [0.2, 0.25) is 0 Å². The Balaban J connectivity index is 1.65. The highest BCUT2D eigenvalue weighted by molar-refractivity contribution is 6.01. The standard InChI is InChI=1S/C22H20N2O5/c25-22(23-8-10-28-11-9-23)20-13-17-5-1-2-6-18(17)14-21(20)29-15-16-4-3-7-19(12-16)24(26)27/h1-7,12-14H,8-11,15H2. The number of hydrogen-bond donors (Lipinski definition) is 0. The highest BCUT2D eigenvalue weighted by atomic mass is 16.6. The Morgan fingerprint density at radius 1 is 1.03 bits per heavy atom. The second-order valence-electron chi connectivity index (χ2n) is 6.82. The Labute approximate surface area is 167 Å². The van der Waals surface area contributed by atoms with Crippen LogP contribution in [-0.2, 0) is 11.3 Å². The highest BCUT2D eigenvalue weighted by Gasteiger charge is 2.22. The van der Waals surface area contributed by atoms with Crippen molar-refractivity contribution < 1.29 is 19.2 Å². The van der Waals surface area contributed by atoms with Gasteiger partial charge >= 0.3 is 0 Å². The molecule has 0 saturated carbocycles. The maximum absolute atomic E-state index is 13.1. The number of carbonyl (C=O) groups is 1. The van der Waals surface area contributed by atoms with Gasteiger partial charge in [0.05, 0.1) is 23.7 Å². The van der Waals surface area contributed by atoms with Crippen LogP contribution in [0.2, 0.25) is 0 Å². The predicted molar refractivity (Wildman–Crippen MR) is 108 cm³/mol. The number of benzene rings is 3. The van der Waals surface area contributed by atoms with E-state index in [1.165, 1.54) is 12.1 Å². The normalized spacial score (nSPS) is 14.0. The van der Waals surface area contributed by atoms with E-state index in [-0.39, 0.29) is 18.2 Å². The number of non-ortho nitro benzene ring substituents is 1. The molecule has 0 radical (unpaired) electrons. The molecule has 1 aliphatic heterocycles. The number of hydrogen-bond acceptors (Lipinski definition) is 5. The van der Waals surface area contributed by atoms with Crippen molar-refractivity contribution in [3.63, 3.8) is 0 Å². The largest absolute Gasteiger partial charge is 0.488 e. The van der Waals surface area contributed by atoms with Crippen LogP contribution in [-0.4, -0.2) is 42.0 Å². The summed E-state index contributed by atoms with van der Waals surface area (Å²) in [6, 6.07) is 17.8. The van der Waals surface area contributed by atoms with Crippen LogP contribution in [0.25, 0.3) is 10.8 Å². The topological polar surface area (TPSA) is 81.9 Å². The van der Waals surface area contributed by atoms with E-state index in [0.29, 0.717) is 43.2 Å². The SMILES string of the molecule is O=C(c1cc2ccccc2cc1OCc1cccc([N+](=O)[O-])c1)N1CCOCC1. The van der Waals surface area contributed by atoms with Gasteiger partial charge in [0.1, 0.15) is 12.4 Å². The maximum Gasteiger partial charge on any atom is 0.269 e. The summed E-state index contributed by atoms with van der Waals surface area (Å²) in [7, 11) is 0. The van der Waals surface area contributed by atoms with Crippen LogP contribution in [0.3, 0.4) is 0 Å². The monoisotopic (exact) mass is 392 g/mol. The van der Waals surface area contributed by atoms with E-state index >= 15 is 0 Å². The number of ether oxygens (including phenoxy) is 2. The summed E-state index contributed by atoms with van der Waals surface area (Å²) in [6.45, 7) is 2.24. The number of nitro benzene ring substituents is 1. The van der Waals surface area contributed by atoms with E-state index in [1.54, 1.807) is 17.0 Å². The molecular formula is C22H20N2O5. The quantitative estimate of drug-likeness (QED) is 0.487. The molecule has 29 heavy (non-hydrogen) atoms. The molecule has 0 bridgehead atoms. The van der Waals surface area contributed by atoms with Crippen molar-refractivity contribution in [2.24, 2.45) is 0 Å². The molecule has 3 aromatic carbocycles. The zero-order valence-corrected chi connectivity index (χ0v) is 15.7. The molecule has 0 N–H and O–H groups in total. The van der Waals surface area contributed by atoms with Crippen molar-refractivity contribution in [1.29, 1.82) is 0 Å². The van der Waals surface area contributed by atoms with Crippen LogP contribution in [0.5, 0.6) is 5.75 Å². The minimum Gasteiger partial charge on any atom is -0.488 e. The summed E-state index contributed by atoms with van der Waals surface area (Å²) in [5.41, 5.74) is 1.15. The Hall–Kier alpha value is -3.45. The summed E-state index contributed by atoms with van der Waals surface area (Å²) in [5, 5.41) is 12.9. The van der Waals surface area contributed by atoms with E-state index in [4.69, 9.17) is 9.47 Å². The molecule has 1 amide bonds. The minimum atomic E-state index is -0.438. The van der Waals surface area contributed by atoms with Crippen LogP contribution < -0.4 is 4.74 Å². The second-order valence-corrected chi connectivity index (χ2v) is 6.82. The molecule has 148 valence electrons. The summed E-state index contributed by atoms with van der Waals surface area (Å²) < 4.78 is 11.3. The zero-order chi connectivity index (χ0) is 20.2. The molecule has 1 saturated heterocycles. The number of morpholine rings is 1. The lowest BCUT2D eigenvalue weighted by Gasteiger charge is -2.27. The lowest BCUT2D eigenvalue weighted by molar-refractivity contribution is -0.384. The average molecular weight is 392 g/mol. The number of nitro groups is 1. The zero-order valence-electron chi connectivity index (χ0n) is 15.7. The number of amides is 1. The molecular weight excluding hydrogens is 372 g/mol. The summed E-state index contributed by atoms with van der Waals surface area (Å²) in [5.74, 6) is 0.361. The van der Waals surface area contributed by atoms with Gasteiger partial charge in [-0.1, -0.05) is 36.4 Å². The number of rotatable bonds is 5. The number of carbonyl (C=O) groups excluding carboxylic acids is 1. The Bertz CT molecular complexity index is 1060. The first-order chi connectivity index (χ1) is 14.1. The minimum absolute atomic E-state index is 0.00854. The molecule has 7 nitrogen and oxygen atoms in total. The lowest BCUT2D eigenvalue weighted by atomic mass is 10.0. The molecule has 4 rings (SSSR count). The summed E-state index contributed by atoms with van der Waals surface area (Å²) in [6.07, 6.45) is 0. The van der Waals surface area contributed by atoms with Gasteiger partial charge in [-0.05, 0) is 28.5 Å². The first-order valence-electron chi connectivity index (χ1n) is 9.38. The number of fused-ring (bicyclic) bond motifs is 1. The Morgan fingerprint density at radius 3 is 2.48 bits per heavy atom. The fraction of sp³-hybridized carbons (Fsp3) is 0.227. The van der Waals surface area contributed by atoms with E-state index in [9.17, 15) is 14.9 Å². The van der Waals surface area contributed by atoms with Gasteiger partial charge in [0.15, 0.2) is 0 Å². The third kappa shape index (κ3) is 4.20. The third-order valence-electron chi connectivity index (χ3n) is 4.89. The van der Waals surface area contributed by atoms with E-state index in [1.807, 2.05) is 36.4 Å². The smallest absolute Gasteiger partial charge is 0.269 e. The fourth-order valence-corrected chi connectivity index (χ4v) is 3.36. The highest BCUT2D eigenvalue weighted by Crippen LogP contribution is 2.28. The fourth-order valence-electron chi connectivity index (χ4n) is 3.36. The van der Waals surface area contributed by atoms with Crippen molar-refractivity contribution in [1.82, 2.24) is 4.90 Å². The maximum atomic E-state index is 13.1. The van der Waals surface area contributed by atoms with Crippen molar-refractivity contribution in [2.75, 3.05) is 26.3 Å². The van der Waals surface area contributed by atoms with Crippen molar-refractivity contribution in [3.05, 3.63) is 81.9 Å². The molecule has 0 atom stereocenters. The lowest BCUT2D eigenvalue weighted by Crippen LogP contribution is -2.40. The van der Waals surface area contributed by atoms with Gasteiger partial charge in [-0.25, -0.2) is 0 Å². The van der Waals surface area contributed by atoms with E-state index in [2.05, 4.69) is 0 Å². The van der Waals surface area contributed by atoms with E-state index in [0.717, 1.165) is 10.8 Å². The van der Waals surface area contributed by atoms with E-state index < -0.39 is 4.92 Å². The van der Waals surface area contributed by atoms with Crippen LogP contribution >= 0.6 is 0 Å².